The van der Waals surface area contributed by atoms with Crippen LogP contribution in [0, 0.1) is 11.8 Å². The van der Waals surface area contributed by atoms with E-state index in [1.807, 2.05) is 18.2 Å². The lowest BCUT2D eigenvalue weighted by molar-refractivity contribution is -0.116. The second-order valence-electron chi connectivity index (χ2n) is 3.70. The third kappa shape index (κ3) is 2.41. The molecule has 0 atom stereocenters. The fourth-order valence-corrected chi connectivity index (χ4v) is 1.68. The highest BCUT2D eigenvalue weighted by Crippen LogP contribution is 2.23. The molecule has 0 aromatic heterocycles. The summed E-state index contributed by atoms with van der Waals surface area (Å²) in [5, 5.41) is 11.4. The van der Waals surface area contributed by atoms with Crippen LogP contribution in [0.15, 0.2) is 18.2 Å². The number of nitrogens with one attached hydrogen (secondary N) is 1. The maximum atomic E-state index is 11.2. The summed E-state index contributed by atoms with van der Waals surface area (Å²) in [5.41, 5.74) is 2.96. The number of aryl methyl sites for hydroxylation is 1. The van der Waals surface area contributed by atoms with Crippen LogP contribution in [0.25, 0.3) is 0 Å². The van der Waals surface area contributed by atoms with Gasteiger partial charge in [-0.2, -0.15) is 0 Å². The predicted molar refractivity (Wildman–Crippen MR) is 62.0 cm³/mol. The van der Waals surface area contributed by atoms with Crippen LogP contribution < -0.4 is 5.32 Å². The molecule has 0 aliphatic carbocycles. The maximum absolute atomic E-state index is 11.2. The predicted octanol–water partition coefficient (Wildman–Crippen LogP) is 1.31. The average Bonchev–Trinajstić information content (AvgIpc) is 2.29. The first-order valence-electron chi connectivity index (χ1n) is 5.32. The zero-order chi connectivity index (χ0) is 11.4. The lowest BCUT2D eigenvalue weighted by atomic mass is 10.0. The Balaban J connectivity index is 2.20. The highest BCUT2D eigenvalue weighted by Gasteiger charge is 2.13. The van der Waals surface area contributed by atoms with Gasteiger partial charge in [-0.15, -0.1) is 0 Å². The average molecular weight is 215 g/mol. The Labute approximate surface area is 94.5 Å². The van der Waals surface area contributed by atoms with Gasteiger partial charge in [0.25, 0.3) is 0 Å². The quantitative estimate of drug-likeness (QED) is 0.694. The first kappa shape index (κ1) is 10.7. The van der Waals surface area contributed by atoms with Crippen LogP contribution in [0.2, 0.25) is 0 Å². The minimum atomic E-state index is 0.0756. The molecule has 82 valence electrons. The summed E-state index contributed by atoms with van der Waals surface area (Å²) in [4.78, 5) is 11.2. The molecule has 3 nitrogen and oxygen atoms in total. The number of hydrogen-bond acceptors (Lipinski definition) is 2. The summed E-state index contributed by atoms with van der Waals surface area (Å²) < 4.78 is 0. The molecule has 1 aromatic carbocycles. The number of hydrogen-bond donors (Lipinski definition) is 2. The second kappa shape index (κ2) is 4.82. The van der Waals surface area contributed by atoms with Gasteiger partial charge in [-0.1, -0.05) is 11.8 Å². The lowest BCUT2D eigenvalue weighted by Gasteiger charge is -2.16. The number of benzene rings is 1. The fraction of sp³-hybridized carbons (Fsp3) is 0.308. The molecule has 1 aliphatic heterocycles. The number of aliphatic hydroxyl groups excluding tert-OH is 1. The summed E-state index contributed by atoms with van der Waals surface area (Å²) in [6.45, 7) is 0.0913. The van der Waals surface area contributed by atoms with Gasteiger partial charge < -0.3 is 10.4 Å². The molecule has 1 heterocycles. The largest absolute Gasteiger partial charge is 0.395 e. The molecule has 3 heteroatoms. The molecule has 16 heavy (non-hydrogen) atoms. The number of amides is 1. The van der Waals surface area contributed by atoms with Crippen LogP contribution >= 0.6 is 0 Å². The van der Waals surface area contributed by atoms with Crippen molar-refractivity contribution < 1.29 is 9.90 Å². The molecule has 2 N–H and O–H groups in total. The molecule has 0 fully saturated rings. The van der Waals surface area contributed by atoms with Gasteiger partial charge in [0.2, 0.25) is 5.91 Å². The van der Waals surface area contributed by atoms with Gasteiger partial charge in [0.05, 0.1) is 6.61 Å². The third-order valence-corrected chi connectivity index (χ3v) is 2.47. The van der Waals surface area contributed by atoms with Crippen LogP contribution in [0.1, 0.15) is 24.0 Å². The molecule has 0 bridgehead atoms. The smallest absolute Gasteiger partial charge is 0.224 e. The molecule has 0 saturated carbocycles. The van der Waals surface area contributed by atoms with Gasteiger partial charge in [0.1, 0.15) is 0 Å². The van der Waals surface area contributed by atoms with E-state index in [9.17, 15) is 4.79 Å². The number of aliphatic hydroxyl groups is 1. The second-order valence-corrected chi connectivity index (χ2v) is 3.70. The van der Waals surface area contributed by atoms with Crippen molar-refractivity contribution in [3.8, 4) is 11.8 Å². The van der Waals surface area contributed by atoms with Crippen LogP contribution in [0.3, 0.4) is 0 Å². The number of fused-ring (bicyclic) bond motifs is 1. The monoisotopic (exact) mass is 215 g/mol. The van der Waals surface area contributed by atoms with Crippen LogP contribution in [-0.2, 0) is 11.2 Å². The Morgan fingerprint density at radius 1 is 1.38 bits per heavy atom. The highest BCUT2D eigenvalue weighted by molar-refractivity contribution is 5.93. The standard InChI is InChI=1S/C13H13NO2/c15-8-2-1-3-10-4-6-12-11(9-10)5-7-13(16)14-12/h4,6,9,15H,2,5,7-8H2,(H,14,16). The maximum Gasteiger partial charge on any atom is 0.224 e. The summed E-state index contributed by atoms with van der Waals surface area (Å²) in [7, 11) is 0. The summed E-state index contributed by atoms with van der Waals surface area (Å²) >= 11 is 0. The number of carbonyl (C=O) groups is 1. The van der Waals surface area contributed by atoms with Gasteiger partial charge in [0, 0.05) is 24.1 Å². The van der Waals surface area contributed by atoms with Crippen molar-refractivity contribution in [1.29, 1.82) is 0 Å². The summed E-state index contributed by atoms with van der Waals surface area (Å²) in [5.74, 6) is 5.94. The van der Waals surface area contributed by atoms with E-state index in [1.54, 1.807) is 0 Å². The molecule has 2 rings (SSSR count). The van der Waals surface area contributed by atoms with E-state index >= 15 is 0 Å². The SMILES string of the molecule is O=C1CCc2cc(C#CCCO)ccc2N1. The van der Waals surface area contributed by atoms with Crippen LogP contribution in [0.5, 0.6) is 0 Å². The van der Waals surface area contributed by atoms with E-state index < -0.39 is 0 Å². The van der Waals surface area contributed by atoms with Crippen LogP contribution in [0.4, 0.5) is 5.69 Å². The molecule has 0 saturated heterocycles. The molecule has 1 aliphatic rings. The summed E-state index contributed by atoms with van der Waals surface area (Å²) in [6.07, 6.45) is 1.81. The van der Waals surface area contributed by atoms with E-state index in [2.05, 4.69) is 17.2 Å². The Morgan fingerprint density at radius 2 is 2.25 bits per heavy atom. The first-order chi connectivity index (χ1) is 7.79. The van der Waals surface area contributed by atoms with Gasteiger partial charge in [-0.3, -0.25) is 4.79 Å². The zero-order valence-electron chi connectivity index (χ0n) is 8.92. The van der Waals surface area contributed by atoms with Crippen molar-refractivity contribution >= 4 is 11.6 Å². The van der Waals surface area contributed by atoms with E-state index in [1.165, 1.54) is 0 Å². The third-order valence-electron chi connectivity index (χ3n) is 2.47. The number of carbonyl (C=O) groups excluding carboxylic acids is 1. The molecular formula is C13H13NO2. The van der Waals surface area contributed by atoms with Gasteiger partial charge in [-0.25, -0.2) is 0 Å². The Kier molecular flexibility index (Phi) is 3.23. The van der Waals surface area contributed by atoms with Gasteiger partial charge >= 0.3 is 0 Å². The molecular weight excluding hydrogens is 202 g/mol. The summed E-state index contributed by atoms with van der Waals surface area (Å²) in [6, 6.07) is 5.77. The van der Waals surface area contributed by atoms with Crippen molar-refractivity contribution in [2.75, 3.05) is 11.9 Å². The topological polar surface area (TPSA) is 49.3 Å². The van der Waals surface area contributed by atoms with Gasteiger partial charge in [-0.05, 0) is 30.2 Å². The van der Waals surface area contributed by atoms with E-state index in [0.717, 1.165) is 23.2 Å². The Hall–Kier alpha value is -1.79. The Bertz CT molecular complexity index is 469. The van der Waals surface area contributed by atoms with E-state index in [4.69, 9.17) is 5.11 Å². The van der Waals surface area contributed by atoms with Gasteiger partial charge in [0.15, 0.2) is 0 Å². The minimum Gasteiger partial charge on any atom is -0.395 e. The van der Waals surface area contributed by atoms with E-state index in [0.29, 0.717) is 12.8 Å². The fourth-order valence-electron chi connectivity index (χ4n) is 1.68. The number of rotatable bonds is 1. The Morgan fingerprint density at radius 3 is 3.06 bits per heavy atom. The highest BCUT2D eigenvalue weighted by atomic mass is 16.2. The zero-order valence-corrected chi connectivity index (χ0v) is 8.92. The molecule has 1 aromatic rings. The van der Waals surface area contributed by atoms with Crippen molar-refractivity contribution in [3.05, 3.63) is 29.3 Å². The lowest BCUT2D eigenvalue weighted by Crippen LogP contribution is -2.18. The first-order valence-corrected chi connectivity index (χ1v) is 5.32. The molecule has 0 spiro atoms. The van der Waals surface area contributed by atoms with Crippen molar-refractivity contribution in [1.82, 2.24) is 0 Å². The van der Waals surface area contributed by atoms with E-state index in [-0.39, 0.29) is 12.5 Å². The number of anilines is 1. The van der Waals surface area contributed by atoms with Crippen molar-refractivity contribution in [2.24, 2.45) is 0 Å². The van der Waals surface area contributed by atoms with Crippen molar-refractivity contribution in [3.63, 3.8) is 0 Å². The normalized spacial score (nSPS) is 13.4. The molecule has 0 radical (unpaired) electrons. The molecule has 0 unspecified atom stereocenters. The van der Waals surface area contributed by atoms with Crippen molar-refractivity contribution in [2.45, 2.75) is 19.3 Å². The minimum absolute atomic E-state index is 0.0756. The molecule has 1 amide bonds. The van der Waals surface area contributed by atoms with Crippen LogP contribution in [-0.4, -0.2) is 17.6 Å².